The van der Waals surface area contributed by atoms with Gasteiger partial charge in [0.15, 0.2) is 0 Å². The van der Waals surface area contributed by atoms with E-state index >= 15 is 0 Å². The van der Waals surface area contributed by atoms with E-state index in [-0.39, 0.29) is 11.4 Å². The Morgan fingerprint density at radius 3 is 2.04 bits per heavy atom. The van der Waals surface area contributed by atoms with E-state index in [9.17, 15) is 21.6 Å². The average molecular weight is 426 g/mol. The molecular formula is C20H15ClF3NO2S. The fourth-order valence-electron chi connectivity index (χ4n) is 2.61. The SMILES string of the molecule is O=S(=O)(NCc1ccccc1)c1ccc(-c2ccc(C(F)(F)F)c(Cl)c2)cc1. The van der Waals surface area contributed by atoms with Crippen molar-refractivity contribution in [1.82, 2.24) is 4.72 Å². The maximum atomic E-state index is 12.8. The molecule has 0 aliphatic carbocycles. The van der Waals surface area contributed by atoms with Gasteiger partial charge >= 0.3 is 6.18 Å². The fourth-order valence-corrected chi connectivity index (χ4v) is 3.91. The minimum absolute atomic E-state index is 0.0604. The van der Waals surface area contributed by atoms with Gasteiger partial charge in [-0.05, 0) is 41.0 Å². The molecule has 0 spiro atoms. The molecule has 0 unspecified atom stereocenters. The Bertz CT molecular complexity index is 1070. The molecule has 0 heterocycles. The van der Waals surface area contributed by atoms with Crippen molar-refractivity contribution >= 4 is 21.6 Å². The molecule has 28 heavy (non-hydrogen) atoms. The van der Waals surface area contributed by atoms with Crippen LogP contribution >= 0.6 is 11.6 Å². The molecular weight excluding hydrogens is 411 g/mol. The van der Waals surface area contributed by atoms with E-state index in [4.69, 9.17) is 11.6 Å². The van der Waals surface area contributed by atoms with Crippen molar-refractivity contribution in [2.24, 2.45) is 0 Å². The molecule has 0 amide bonds. The summed E-state index contributed by atoms with van der Waals surface area (Å²) in [4.78, 5) is 0.0604. The predicted octanol–water partition coefficient (Wildman–Crippen LogP) is 5.50. The van der Waals surface area contributed by atoms with E-state index < -0.39 is 26.8 Å². The Morgan fingerprint density at radius 1 is 0.857 bits per heavy atom. The Kier molecular flexibility index (Phi) is 5.79. The van der Waals surface area contributed by atoms with Crippen LogP contribution in [0.3, 0.4) is 0 Å². The van der Waals surface area contributed by atoms with Gasteiger partial charge in [-0.15, -0.1) is 0 Å². The summed E-state index contributed by atoms with van der Waals surface area (Å²) in [7, 11) is -3.72. The van der Waals surface area contributed by atoms with Crippen LogP contribution in [-0.4, -0.2) is 8.42 Å². The highest BCUT2D eigenvalue weighted by atomic mass is 35.5. The number of halogens is 4. The van der Waals surface area contributed by atoms with Crippen LogP contribution in [0.4, 0.5) is 13.2 Å². The number of hydrogen-bond acceptors (Lipinski definition) is 2. The molecule has 3 aromatic carbocycles. The number of alkyl halides is 3. The first-order valence-electron chi connectivity index (χ1n) is 8.17. The van der Waals surface area contributed by atoms with E-state index in [2.05, 4.69) is 4.72 Å². The summed E-state index contributed by atoms with van der Waals surface area (Å²) in [6.45, 7) is 0.152. The molecule has 0 aromatic heterocycles. The smallest absolute Gasteiger partial charge is 0.207 e. The minimum atomic E-state index is -4.53. The Morgan fingerprint density at radius 2 is 1.46 bits per heavy atom. The Labute approximate surface area is 165 Å². The molecule has 146 valence electrons. The molecule has 0 atom stereocenters. The highest BCUT2D eigenvalue weighted by Crippen LogP contribution is 2.36. The van der Waals surface area contributed by atoms with Gasteiger partial charge in [-0.25, -0.2) is 13.1 Å². The van der Waals surface area contributed by atoms with Gasteiger partial charge in [0.05, 0.1) is 15.5 Å². The number of nitrogens with one attached hydrogen (secondary N) is 1. The molecule has 0 bridgehead atoms. The lowest BCUT2D eigenvalue weighted by Crippen LogP contribution is -2.23. The highest BCUT2D eigenvalue weighted by Gasteiger charge is 2.33. The molecule has 3 nitrogen and oxygen atoms in total. The largest absolute Gasteiger partial charge is 0.417 e. The van der Waals surface area contributed by atoms with Crippen LogP contribution in [0, 0.1) is 0 Å². The van der Waals surface area contributed by atoms with Gasteiger partial charge < -0.3 is 0 Å². The maximum Gasteiger partial charge on any atom is 0.417 e. The standard InChI is InChI=1S/C20H15ClF3NO2S/c21-19-12-16(8-11-18(19)20(22,23)24)15-6-9-17(10-7-15)28(26,27)25-13-14-4-2-1-3-5-14/h1-12,25H,13H2. The molecule has 8 heteroatoms. The average Bonchev–Trinajstić information content (AvgIpc) is 2.66. The second-order valence-corrected chi connectivity index (χ2v) is 8.20. The highest BCUT2D eigenvalue weighted by molar-refractivity contribution is 7.89. The first kappa shape index (κ1) is 20.4. The molecule has 0 saturated carbocycles. The number of sulfonamides is 1. The zero-order valence-corrected chi connectivity index (χ0v) is 15.9. The van der Waals surface area contributed by atoms with Crippen molar-refractivity contribution in [2.45, 2.75) is 17.6 Å². The van der Waals surface area contributed by atoms with E-state index in [0.29, 0.717) is 11.1 Å². The summed E-state index contributed by atoms with van der Waals surface area (Å²) in [6, 6.07) is 18.3. The quantitative estimate of drug-likeness (QED) is 0.586. The fraction of sp³-hybridized carbons (Fsp3) is 0.100. The van der Waals surface area contributed by atoms with Crippen molar-refractivity contribution in [3.05, 3.63) is 88.9 Å². The second-order valence-electron chi connectivity index (χ2n) is 6.03. The normalized spacial score (nSPS) is 12.1. The molecule has 1 N–H and O–H groups in total. The van der Waals surface area contributed by atoms with E-state index in [1.165, 1.54) is 36.4 Å². The first-order chi connectivity index (χ1) is 13.2. The zero-order valence-electron chi connectivity index (χ0n) is 14.4. The molecule has 0 saturated heterocycles. The van der Waals surface area contributed by atoms with Crippen molar-refractivity contribution in [2.75, 3.05) is 0 Å². The van der Waals surface area contributed by atoms with Gasteiger partial charge in [0.1, 0.15) is 0 Å². The Hall–Kier alpha value is -2.35. The van der Waals surface area contributed by atoms with Crippen LogP contribution in [0.25, 0.3) is 11.1 Å². The lowest BCUT2D eigenvalue weighted by molar-refractivity contribution is -0.137. The third kappa shape index (κ3) is 4.73. The molecule has 3 aromatic rings. The van der Waals surface area contributed by atoms with E-state index in [0.717, 1.165) is 11.6 Å². The van der Waals surface area contributed by atoms with Crippen molar-refractivity contribution in [3.8, 4) is 11.1 Å². The van der Waals surface area contributed by atoms with Crippen molar-refractivity contribution < 1.29 is 21.6 Å². The second kappa shape index (κ2) is 7.95. The molecule has 0 radical (unpaired) electrons. The van der Waals surface area contributed by atoms with E-state index in [1.54, 1.807) is 12.1 Å². The summed E-state index contributed by atoms with van der Waals surface area (Å²) in [6.07, 6.45) is -4.53. The number of rotatable bonds is 5. The van der Waals surface area contributed by atoms with Crippen LogP contribution in [-0.2, 0) is 22.7 Å². The van der Waals surface area contributed by atoms with Gasteiger partial charge in [0.25, 0.3) is 0 Å². The minimum Gasteiger partial charge on any atom is -0.207 e. The third-order valence-corrected chi connectivity index (χ3v) is 5.81. The van der Waals surface area contributed by atoms with Crippen LogP contribution < -0.4 is 4.72 Å². The summed E-state index contributed by atoms with van der Waals surface area (Å²) in [5.74, 6) is 0. The third-order valence-electron chi connectivity index (χ3n) is 4.08. The summed E-state index contributed by atoms with van der Waals surface area (Å²) >= 11 is 5.74. The number of benzene rings is 3. The molecule has 3 rings (SSSR count). The maximum absolute atomic E-state index is 12.8. The summed E-state index contributed by atoms with van der Waals surface area (Å²) < 4.78 is 65.7. The monoisotopic (exact) mass is 425 g/mol. The Balaban J connectivity index is 1.78. The van der Waals surface area contributed by atoms with Crippen LogP contribution in [0.1, 0.15) is 11.1 Å². The zero-order chi connectivity index (χ0) is 20.4. The first-order valence-corrected chi connectivity index (χ1v) is 10.0. The van der Waals surface area contributed by atoms with Gasteiger partial charge in [0.2, 0.25) is 10.0 Å². The predicted molar refractivity (Wildman–Crippen MR) is 102 cm³/mol. The van der Waals surface area contributed by atoms with Crippen molar-refractivity contribution in [1.29, 1.82) is 0 Å². The van der Waals surface area contributed by atoms with Gasteiger partial charge in [-0.2, -0.15) is 13.2 Å². The molecule has 0 aliphatic heterocycles. The summed E-state index contributed by atoms with van der Waals surface area (Å²) in [5, 5.41) is -0.411. The molecule has 0 aliphatic rings. The van der Waals surface area contributed by atoms with Gasteiger partial charge in [-0.3, -0.25) is 0 Å². The topological polar surface area (TPSA) is 46.2 Å². The van der Waals surface area contributed by atoms with Crippen LogP contribution in [0.2, 0.25) is 5.02 Å². The van der Waals surface area contributed by atoms with Crippen molar-refractivity contribution in [3.63, 3.8) is 0 Å². The lowest BCUT2D eigenvalue weighted by atomic mass is 10.0. The van der Waals surface area contributed by atoms with Crippen LogP contribution in [0.15, 0.2) is 77.7 Å². The molecule has 0 fully saturated rings. The number of hydrogen-bond donors (Lipinski definition) is 1. The van der Waals surface area contributed by atoms with E-state index in [1.807, 2.05) is 18.2 Å². The van der Waals surface area contributed by atoms with Crippen LogP contribution in [0.5, 0.6) is 0 Å². The lowest BCUT2D eigenvalue weighted by Gasteiger charge is -2.11. The van der Waals surface area contributed by atoms with Gasteiger partial charge in [-0.1, -0.05) is 60.1 Å². The van der Waals surface area contributed by atoms with Gasteiger partial charge in [0, 0.05) is 6.54 Å². The summed E-state index contributed by atoms with van der Waals surface area (Å²) in [5.41, 5.74) is 0.918.